The fourth-order valence-electron chi connectivity index (χ4n) is 3.86. The van der Waals surface area contributed by atoms with Crippen LogP contribution in [0.5, 0.6) is 0 Å². The molecule has 2 heterocycles. The predicted molar refractivity (Wildman–Crippen MR) is 98.3 cm³/mol. The minimum atomic E-state index is -1.12. The summed E-state index contributed by atoms with van der Waals surface area (Å²) in [5.74, 6) is -3.34. The molecule has 0 N–H and O–H groups in total. The van der Waals surface area contributed by atoms with Gasteiger partial charge in [-0.15, -0.1) is 0 Å². The lowest BCUT2D eigenvalue weighted by atomic mass is 9.79. The standard InChI is InChI=1S/C20H26FNO6/c1-19(2,3)28-18(24)22-14-8-7-11(21)9-12(14)15-13(17(23)25-5)10-20(4,26-6)27-16(15)22/h7-9,13,15-16H,10H2,1-6H3/t13-,15?,16?,20-/m1/s1. The van der Waals surface area contributed by atoms with E-state index in [0.29, 0.717) is 11.3 Å². The Kier molecular flexibility index (Phi) is 5.14. The number of carbonyl (C=O) groups excluding carboxylic acids is 2. The molecule has 0 radical (unpaired) electrons. The molecule has 0 spiro atoms. The summed E-state index contributed by atoms with van der Waals surface area (Å²) in [5, 5.41) is 0. The number of hydrogen-bond acceptors (Lipinski definition) is 6. The van der Waals surface area contributed by atoms with E-state index in [4.69, 9.17) is 18.9 Å². The Morgan fingerprint density at radius 1 is 1.29 bits per heavy atom. The zero-order valence-corrected chi connectivity index (χ0v) is 16.9. The lowest BCUT2D eigenvalue weighted by molar-refractivity contribution is -0.270. The fraction of sp³-hybridized carbons (Fsp3) is 0.600. The lowest BCUT2D eigenvalue weighted by Gasteiger charge is -2.44. The Morgan fingerprint density at radius 3 is 2.54 bits per heavy atom. The van der Waals surface area contributed by atoms with E-state index in [0.717, 1.165) is 0 Å². The smallest absolute Gasteiger partial charge is 0.416 e. The first-order valence-corrected chi connectivity index (χ1v) is 9.12. The summed E-state index contributed by atoms with van der Waals surface area (Å²) in [6, 6.07) is 4.08. The number of methoxy groups -OCH3 is 2. The highest BCUT2D eigenvalue weighted by molar-refractivity contribution is 5.92. The maximum absolute atomic E-state index is 14.0. The van der Waals surface area contributed by atoms with E-state index in [1.165, 1.54) is 37.3 Å². The molecule has 0 aliphatic carbocycles. The molecular weight excluding hydrogens is 369 g/mol. The highest BCUT2D eigenvalue weighted by Gasteiger charge is 2.57. The van der Waals surface area contributed by atoms with Crippen LogP contribution in [0.1, 0.15) is 45.6 Å². The van der Waals surface area contributed by atoms with Gasteiger partial charge in [-0.2, -0.15) is 0 Å². The zero-order chi connectivity index (χ0) is 20.9. The van der Waals surface area contributed by atoms with Crippen molar-refractivity contribution in [2.45, 2.75) is 57.6 Å². The molecule has 1 aromatic rings. The van der Waals surface area contributed by atoms with Crippen LogP contribution in [0.25, 0.3) is 0 Å². The lowest BCUT2D eigenvalue weighted by Crippen LogP contribution is -2.55. The predicted octanol–water partition coefficient (Wildman–Crippen LogP) is 3.56. The summed E-state index contributed by atoms with van der Waals surface area (Å²) in [6.45, 7) is 6.95. The number of hydrogen-bond donors (Lipinski definition) is 0. The highest BCUT2D eigenvalue weighted by Crippen LogP contribution is 2.53. The second-order valence-corrected chi connectivity index (χ2v) is 8.26. The summed E-state index contributed by atoms with van der Waals surface area (Å²) in [7, 11) is 2.76. The molecule has 8 heteroatoms. The van der Waals surface area contributed by atoms with Crippen molar-refractivity contribution in [3.8, 4) is 0 Å². The van der Waals surface area contributed by atoms with Gasteiger partial charge >= 0.3 is 12.1 Å². The van der Waals surface area contributed by atoms with E-state index < -0.39 is 47.3 Å². The molecule has 154 valence electrons. The van der Waals surface area contributed by atoms with Gasteiger partial charge in [0.15, 0.2) is 12.0 Å². The van der Waals surface area contributed by atoms with Gasteiger partial charge in [-0.05, 0) is 51.5 Å². The van der Waals surface area contributed by atoms with E-state index in [2.05, 4.69) is 0 Å². The van der Waals surface area contributed by atoms with Crippen LogP contribution in [0.2, 0.25) is 0 Å². The Hall–Kier alpha value is -2.19. The molecule has 2 unspecified atom stereocenters. The van der Waals surface area contributed by atoms with Crippen LogP contribution in [0.15, 0.2) is 18.2 Å². The van der Waals surface area contributed by atoms with E-state index in [1.54, 1.807) is 27.7 Å². The van der Waals surface area contributed by atoms with Crippen molar-refractivity contribution in [2.75, 3.05) is 19.1 Å². The molecule has 4 atom stereocenters. The van der Waals surface area contributed by atoms with Crippen LogP contribution in [0.4, 0.5) is 14.9 Å². The third-order valence-corrected chi connectivity index (χ3v) is 5.09. The molecule has 2 aliphatic rings. The average Bonchev–Trinajstić information content (AvgIpc) is 2.91. The van der Waals surface area contributed by atoms with Crippen molar-refractivity contribution < 1.29 is 32.9 Å². The largest absolute Gasteiger partial charge is 0.469 e. The molecule has 1 saturated heterocycles. The van der Waals surface area contributed by atoms with Gasteiger partial charge in [0.25, 0.3) is 0 Å². The number of amides is 1. The van der Waals surface area contributed by atoms with Crippen molar-refractivity contribution in [1.29, 1.82) is 0 Å². The molecule has 1 aromatic carbocycles. The number of ether oxygens (including phenoxy) is 4. The summed E-state index contributed by atoms with van der Waals surface area (Å²) >= 11 is 0. The zero-order valence-electron chi connectivity index (χ0n) is 16.9. The first-order chi connectivity index (χ1) is 13.0. The van der Waals surface area contributed by atoms with E-state index >= 15 is 0 Å². The van der Waals surface area contributed by atoms with Gasteiger partial charge in [0.2, 0.25) is 0 Å². The van der Waals surface area contributed by atoms with Gasteiger partial charge < -0.3 is 18.9 Å². The van der Waals surface area contributed by atoms with Crippen LogP contribution in [-0.2, 0) is 23.7 Å². The number of halogens is 1. The molecule has 0 aromatic heterocycles. The van der Waals surface area contributed by atoms with Crippen molar-refractivity contribution in [2.24, 2.45) is 5.92 Å². The molecule has 1 amide bonds. The molecule has 1 fully saturated rings. The summed E-state index contributed by atoms with van der Waals surface area (Å²) in [4.78, 5) is 26.9. The minimum Gasteiger partial charge on any atom is -0.469 e. The minimum absolute atomic E-state index is 0.204. The van der Waals surface area contributed by atoms with E-state index in [-0.39, 0.29) is 6.42 Å². The van der Waals surface area contributed by atoms with Crippen molar-refractivity contribution in [3.05, 3.63) is 29.6 Å². The van der Waals surface area contributed by atoms with E-state index in [1.807, 2.05) is 0 Å². The van der Waals surface area contributed by atoms with Crippen LogP contribution >= 0.6 is 0 Å². The van der Waals surface area contributed by atoms with Crippen LogP contribution in [0, 0.1) is 11.7 Å². The number of benzene rings is 1. The first kappa shape index (κ1) is 20.5. The monoisotopic (exact) mass is 395 g/mol. The maximum atomic E-state index is 14.0. The number of anilines is 1. The summed E-state index contributed by atoms with van der Waals surface area (Å²) < 4.78 is 36.1. The quantitative estimate of drug-likeness (QED) is 0.713. The molecule has 3 rings (SSSR count). The Morgan fingerprint density at radius 2 is 1.96 bits per heavy atom. The SMILES string of the molecule is COC(=O)[C@@H]1C[C@](C)(OC)OC2C1c1cc(F)ccc1N2C(=O)OC(C)(C)C. The van der Waals surface area contributed by atoms with Gasteiger partial charge in [-0.1, -0.05) is 0 Å². The normalized spacial score (nSPS) is 29.1. The Bertz CT molecular complexity index is 791. The van der Waals surface area contributed by atoms with Crippen LogP contribution in [-0.4, -0.2) is 43.9 Å². The highest BCUT2D eigenvalue weighted by atomic mass is 19.1. The molecule has 7 nitrogen and oxygen atoms in total. The van der Waals surface area contributed by atoms with Crippen LogP contribution in [0.3, 0.4) is 0 Å². The first-order valence-electron chi connectivity index (χ1n) is 9.12. The Balaban J connectivity index is 2.12. The molecule has 0 saturated carbocycles. The third-order valence-electron chi connectivity index (χ3n) is 5.09. The van der Waals surface area contributed by atoms with Crippen molar-refractivity contribution >= 4 is 17.7 Å². The van der Waals surface area contributed by atoms with Gasteiger partial charge in [-0.3, -0.25) is 9.69 Å². The Labute approximate surface area is 163 Å². The summed E-state index contributed by atoms with van der Waals surface area (Å²) in [6.07, 6.45) is -1.33. The van der Waals surface area contributed by atoms with Crippen molar-refractivity contribution in [1.82, 2.24) is 0 Å². The molecule has 2 aliphatic heterocycles. The molecule has 0 bridgehead atoms. The second kappa shape index (κ2) is 7.00. The van der Waals surface area contributed by atoms with Gasteiger partial charge in [-0.25, -0.2) is 9.18 Å². The number of esters is 1. The van der Waals surface area contributed by atoms with Gasteiger partial charge in [0.1, 0.15) is 11.4 Å². The number of carbonyl (C=O) groups is 2. The second-order valence-electron chi connectivity index (χ2n) is 8.26. The molecule has 28 heavy (non-hydrogen) atoms. The van der Waals surface area contributed by atoms with E-state index in [9.17, 15) is 14.0 Å². The molecular formula is C20H26FNO6. The summed E-state index contributed by atoms with van der Waals surface area (Å²) in [5.41, 5.74) is 0.209. The topological polar surface area (TPSA) is 74.3 Å². The van der Waals surface area contributed by atoms with Crippen molar-refractivity contribution in [3.63, 3.8) is 0 Å². The number of nitrogens with zero attached hydrogens (tertiary/aromatic N) is 1. The van der Waals surface area contributed by atoms with Gasteiger partial charge in [0.05, 0.1) is 18.7 Å². The third kappa shape index (κ3) is 3.58. The van der Waals surface area contributed by atoms with Crippen LogP contribution < -0.4 is 4.90 Å². The number of rotatable bonds is 2. The average molecular weight is 395 g/mol. The maximum Gasteiger partial charge on any atom is 0.416 e. The number of fused-ring (bicyclic) bond motifs is 3. The fourth-order valence-corrected chi connectivity index (χ4v) is 3.86. The van der Waals surface area contributed by atoms with Gasteiger partial charge in [0, 0.05) is 19.4 Å².